The van der Waals surface area contributed by atoms with Crippen molar-refractivity contribution in [2.75, 3.05) is 13.1 Å². The Bertz CT molecular complexity index is 1440. The molecule has 1 aliphatic rings. The number of nitrogens with zero attached hydrogens (tertiary/aromatic N) is 2. The second-order valence-corrected chi connectivity index (χ2v) is 12.2. The van der Waals surface area contributed by atoms with Gasteiger partial charge in [0.25, 0.3) is 15.9 Å². The normalized spacial score (nSPS) is 14.6. The van der Waals surface area contributed by atoms with Crippen molar-refractivity contribution in [3.8, 4) is 0 Å². The van der Waals surface area contributed by atoms with Gasteiger partial charge in [0.05, 0.1) is 5.56 Å². The maximum Gasteiger partial charge on any atom is 0.269 e. The van der Waals surface area contributed by atoms with Crippen molar-refractivity contribution in [2.45, 2.75) is 50.6 Å². The van der Waals surface area contributed by atoms with Gasteiger partial charge < -0.3 is 10.2 Å². The molecule has 40 heavy (non-hydrogen) atoms. The summed E-state index contributed by atoms with van der Waals surface area (Å²) >= 11 is 0. The van der Waals surface area contributed by atoms with Gasteiger partial charge in [0.2, 0.25) is 11.8 Å². The van der Waals surface area contributed by atoms with E-state index in [2.05, 4.69) is 5.32 Å². The Balaban J connectivity index is 1.54. The number of fused-ring (bicyclic) bond motifs is 1. The van der Waals surface area contributed by atoms with Crippen molar-refractivity contribution in [1.82, 2.24) is 14.5 Å². The molecule has 3 aromatic carbocycles. The van der Waals surface area contributed by atoms with E-state index in [1.807, 2.05) is 74.5 Å². The average Bonchev–Trinajstić information content (AvgIpc) is 3.15. The Morgan fingerprint density at radius 3 is 2.10 bits per heavy atom. The van der Waals surface area contributed by atoms with Crippen molar-refractivity contribution in [3.63, 3.8) is 0 Å². The molecule has 0 fully saturated rings. The van der Waals surface area contributed by atoms with Crippen LogP contribution >= 0.6 is 0 Å². The highest BCUT2D eigenvalue weighted by Crippen LogP contribution is 2.30. The van der Waals surface area contributed by atoms with Crippen molar-refractivity contribution < 1.29 is 22.8 Å². The number of amides is 3. The van der Waals surface area contributed by atoms with Gasteiger partial charge in [-0.2, -0.15) is 0 Å². The number of carbonyl (C=O) groups excluding carboxylic acids is 3. The Morgan fingerprint density at radius 1 is 0.875 bits per heavy atom. The molecule has 3 amide bonds. The first-order chi connectivity index (χ1) is 19.2. The van der Waals surface area contributed by atoms with Crippen molar-refractivity contribution in [1.29, 1.82) is 0 Å². The third-order valence-corrected chi connectivity index (χ3v) is 8.66. The number of rotatable bonds is 12. The van der Waals surface area contributed by atoms with Crippen LogP contribution in [0.15, 0.2) is 89.8 Å². The smallest absolute Gasteiger partial charge is 0.269 e. The SMILES string of the molecule is CC(C)CNC(=O)[C@H](Cc1ccccc1)N(Cc1ccccc1)C(=O)CCCN1C(=O)c2ccccc2S1(=O)=O. The predicted octanol–water partition coefficient (Wildman–Crippen LogP) is 4.02. The predicted molar refractivity (Wildman–Crippen MR) is 153 cm³/mol. The van der Waals surface area contributed by atoms with E-state index in [-0.39, 0.29) is 54.1 Å². The van der Waals surface area contributed by atoms with Gasteiger partial charge in [0.15, 0.2) is 0 Å². The minimum Gasteiger partial charge on any atom is -0.354 e. The molecule has 8 nitrogen and oxygen atoms in total. The molecule has 1 N–H and O–H groups in total. The third kappa shape index (κ3) is 6.77. The second-order valence-electron chi connectivity index (χ2n) is 10.3. The second kappa shape index (κ2) is 12.9. The fourth-order valence-corrected chi connectivity index (χ4v) is 6.33. The zero-order chi connectivity index (χ0) is 28.7. The van der Waals surface area contributed by atoms with Crippen LogP contribution in [-0.4, -0.2) is 54.5 Å². The van der Waals surface area contributed by atoms with Gasteiger partial charge in [0, 0.05) is 32.5 Å². The highest BCUT2D eigenvalue weighted by molar-refractivity contribution is 7.90. The van der Waals surface area contributed by atoms with Crippen LogP contribution in [0.3, 0.4) is 0 Å². The van der Waals surface area contributed by atoms with Crippen molar-refractivity contribution >= 4 is 27.7 Å². The Morgan fingerprint density at radius 2 is 1.48 bits per heavy atom. The fourth-order valence-electron chi connectivity index (χ4n) is 4.73. The van der Waals surface area contributed by atoms with Gasteiger partial charge >= 0.3 is 0 Å². The largest absolute Gasteiger partial charge is 0.354 e. The van der Waals surface area contributed by atoms with E-state index in [9.17, 15) is 22.8 Å². The molecule has 9 heteroatoms. The summed E-state index contributed by atoms with van der Waals surface area (Å²) in [7, 11) is -3.95. The van der Waals surface area contributed by atoms with E-state index in [1.54, 1.807) is 17.0 Å². The highest BCUT2D eigenvalue weighted by atomic mass is 32.2. The van der Waals surface area contributed by atoms with E-state index in [0.717, 1.165) is 15.4 Å². The molecule has 210 valence electrons. The molecule has 0 saturated heterocycles. The molecule has 0 aliphatic carbocycles. The van der Waals surface area contributed by atoms with Crippen LogP contribution in [-0.2, 0) is 32.6 Å². The van der Waals surface area contributed by atoms with Crippen LogP contribution in [0.25, 0.3) is 0 Å². The summed E-state index contributed by atoms with van der Waals surface area (Å²) < 4.78 is 26.7. The lowest BCUT2D eigenvalue weighted by Crippen LogP contribution is -2.51. The summed E-state index contributed by atoms with van der Waals surface area (Å²) in [6.07, 6.45) is 0.442. The number of carbonyl (C=O) groups is 3. The summed E-state index contributed by atoms with van der Waals surface area (Å²) in [5.74, 6) is -0.872. The maximum atomic E-state index is 13.7. The standard InChI is InChI=1S/C31H35N3O5S/c1-23(2)21-32-30(36)27(20-24-12-5-3-6-13-24)33(22-25-14-7-4-8-15-25)29(35)18-11-19-34-31(37)26-16-9-10-17-28(26)40(34,38)39/h3-10,12-17,23,27H,11,18-22H2,1-2H3,(H,32,36)/t27-/m0/s1. The molecule has 1 atom stereocenters. The van der Waals surface area contributed by atoms with Crippen LogP contribution in [0.1, 0.15) is 48.2 Å². The topological polar surface area (TPSA) is 104 Å². The van der Waals surface area contributed by atoms with Gasteiger partial charge in [-0.05, 0) is 35.6 Å². The number of nitrogens with one attached hydrogen (secondary N) is 1. The maximum absolute atomic E-state index is 13.7. The lowest BCUT2D eigenvalue weighted by molar-refractivity contribution is -0.141. The fraction of sp³-hybridized carbons (Fsp3) is 0.323. The van der Waals surface area contributed by atoms with Crippen LogP contribution in [0.5, 0.6) is 0 Å². The Labute approximate surface area is 236 Å². The summed E-state index contributed by atoms with van der Waals surface area (Å²) in [6.45, 7) is 4.59. The molecule has 0 spiro atoms. The van der Waals surface area contributed by atoms with E-state index < -0.39 is 22.0 Å². The number of hydrogen-bond acceptors (Lipinski definition) is 5. The van der Waals surface area contributed by atoms with Gasteiger partial charge in [-0.25, -0.2) is 12.7 Å². The van der Waals surface area contributed by atoms with Crippen LogP contribution < -0.4 is 5.32 Å². The first-order valence-electron chi connectivity index (χ1n) is 13.5. The van der Waals surface area contributed by atoms with E-state index in [0.29, 0.717) is 13.0 Å². The molecule has 0 unspecified atom stereocenters. The Kier molecular flexibility index (Phi) is 9.37. The summed E-state index contributed by atoms with van der Waals surface area (Å²) in [4.78, 5) is 41.6. The lowest BCUT2D eigenvalue weighted by Gasteiger charge is -2.32. The minimum atomic E-state index is -3.95. The quantitative estimate of drug-likeness (QED) is 0.360. The minimum absolute atomic E-state index is 0.0122. The molecule has 4 rings (SSSR count). The molecule has 1 aliphatic heterocycles. The molecule has 1 heterocycles. The van der Waals surface area contributed by atoms with E-state index >= 15 is 0 Å². The number of sulfonamides is 1. The third-order valence-electron chi connectivity index (χ3n) is 6.82. The Hall–Kier alpha value is -3.98. The van der Waals surface area contributed by atoms with Crippen molar-refractivity contribution in [3.05, 3.63) is 102 Å². The van der Waals surface area contributed by atoms with Gasteiger partial charge in [-0.3, -0.25) is 14.4 Å². The monoisotopic (exact) mass is 561 g/mol. The zero-order valence-corrected chi connectivity index (χ0v) is 23.6. The first kappa shape index (κ1) is 29.0. The summed E-state index contributed by atoms with van der Waals surface area (Å²) in [6, 6.07) is 24.3. The molecular formula is C31H35N3O5S. The molecule has 3 aromatic rings. The molecule has 0 bridgehead atoms. The zero-order valence-electron chi connectivity index (χ0n) is 22.8. The summed E-state index contributed by atoms with van der Waals surface area (Å²) in [5, 5.41) is 2.99. The van der Waals surface area contributed by atoms with E-state index in [4.69, 9.17) is 0 Å². The molecule has 0 saturated carbocycles. The summed E-state index contributed by atoms with van der Waals surface area (Å²) in [5.41, 5.74) is 1.94. The van der Waals surface area contributed by atoms with Crippen LogP contribution in [0, 0.1) is 5.92 Å². The molecule has 0 aromatic heterocycles. The molecular weight excluding hydrogens is 526 g/mol. The molecule has 0 radical (unpaired) electrons. The average molecular weight is 562 g/mol. The number of benzene rings is 3. The first-order valence-corrected chi connectivity index (χ1v) is 14.9. The van der Waals surface area contributed by atoms with Gasteiger partial charge in [-0.1, -0.05) is 86.6 Å². The number of hydrogen-bond donors (Lipinski definition) is 1. The van der Waals surface area contributed by atoms with Gasteiger partial charge in [-0.15, -0.1) is 0 Å². The van der Waals surface area contributed by atoms with Gasteiger partial charge in [0.1, 0.15) is 10.9 Å². The van der Waals surface area contributed by atoms with Crippen LogP contribution in [0.4, 0.5) is 0 Å². The van der Waals surface area contributed by atoms with E-state index in [1.165, 1.54) is 12.1 Å². The van der Waals surface area contributed by atoms with Crippen LogP contribution in [0.2, 0.25) is 0 Å². The van der Waals surface area contributed by atoms with Crippen molar-refractivity contribution in [2.24, 2.45) is 5.92 Å². The highest BCUT2D eigenvalue weighted by Gasteiger charge is 2.40. The lowest BCUT2D eigenvalue weighted by atomic mass is 10.0.